The van der Waals surface area contributed by atoms with Crippen molar-refractivity contribution in [2.45, 2.75) is 65.2 Å². The molecule has 0 aliphatic heterocycles. The Bertz CT molecular complexity index is 417. The van der Waals surface area contributed by atoms with Crippen LogP contribution in [0.15, 0.2) is 30.3 Å². The predicted molar refractivity (Wildman–Crippen MR) is 96.3 cm³/mol. The Morgan fingerprint density at radius 1 is 0.917 bits per heavy atom. The van der Waals surface area contributed by atoms with E-state index in [0.29, 0.717) is 18.6 Å². The first kappa shape index (κ1) is 24.4. The number of carboxylic acids is 1. The molecular weight excluding hydrogens is 308 g/mol. The summed E-state index contributed by atoms with van der Waals surface area (Å²) in [7, 11) is 0. The number of hydrogen-bond donors (Lipinski definition) is 1. The highest BCUT2D eigenvalue weighted by Gasteiger charge is 2.01. The van der Waals surface area contributed by atoms with Crippen molar-refractivity contribution >= 4 is 11.9 Å². The summed E-state index contributed by atoms with van der Waals surface area (Å²) < 4.78 is 5.10. The first-order valence-corrected chi connectivity index (χ1v) is 8.55. The molecule has 1 aromatic rings. The molecule has 0 aliphatic carbocycles. The monoisotopic (exact) mass is 340 g/mol. The standard InChI is InChI=1S/C12H24O2.C7H6O2.H2O/c1-3-5-7-9-11-14-12(13)10-8-6-4-2;8-7(9)6-4-2-1-3-5-6;/h3-11H2,1-2H3;1-5H,(H,8,9);1H2. The fourth-order valence-electron chi connectivity index (χ4n) is 1.89. The Morgan fingerprint density at radius 3 is 2.00 bits per heavy atom. The van der Waals surface area contributed by atoms with Crippen LogP contribution in [0.4, 0.5) is 0 Å². The molecule has 0 spiro atoms. The van der Waals surface area contributed by atoms with Crippen LogP contribution in [0.5, 0.6) is 0 Å². The van der Waals surface area contributed by atoms with E-state index < -0.39 is 5.97 Å². The lowest BCUT2D eigenvalue weighted by Gasteiger charge is -2.03. The maximum atomic E-state index is 11.1. The number of rotatable bonds is 10. The van der Waals surface area contributed by atoms with E-state index in [4.69, 9.17) is 9.84 Å². The minimum absolute atomic E-state index is 0. The summed E-state index contributed by atoms with van der Waals surface area (Å²) in [6.45, 7) is 4.93. The molecule has 1 rings (SSSR count). The van der Waals surface area contributed by atoms with Gasteiger partial charge in [0.15, 0.2) is 0 Å². The first-order chi connectivity index (χ1) is 11.1. The van der Waals surface area contributed by atoms with E-state index in [2.05, 4.69) is 13.8 Å². The van der Waals surface area contributed by atoms with Crippen molar-refractivity contribution in [3.8, 4) is 0 Å². The number of esters is 1. The summed E-state index contributed by atoms with van der Waals surface area (Å²) in [5.74, 6) is -0.898. The summed E-state index contributed by atoms with van der Waals surface area (Å²) in [6, 6.07) is 8.30. The fraction of sp³-hybridized carbons (Fsp3) is 0.579. The Balaban J connectivity index is 0. The number of benzene rings is 1. The number of unbranched alkanes of at least 4 members (excludes halogenated alkanes) is 5. The van der Waals surface area contributed by atoms with E-state index in [1.807, 2.05) is 0 Å². The van der Waals surface area contributed by atoms with Gasteiger partial charge >= 0.3 is 11.9 Å². The molecule has 0 saturated carbocycles. The van der Waals surface area contributed by atoms with Gasteiger partial charge in [0, 0.05) is 6.42 Å². The van der Waals surface area contributed by atoms with Gasteiger partial charge in [0.25, 0.3) is 0 Å². The third-order valence-corrected chi connectivity index (χ3v) is 3.27. The fourth-order valence-corrected chi connectivity index (χ4v) is 1.89. The van der Waals surface area contributed by atoms with E-state index in [9.17, 15) is 9.59 Å². The van der Waals surface area contributed by atoms with E-state index in [1.165, 1.54) is 19.3 Å². The Kier molecular flexibility index (Phi) is 17.7. The lowest BCUT2D eigenvalue weighted by atomic mass is 10.2. The number of carbonyl (C=O) groups excluding carboxylic acids is 1. The smallest absolute Gasteiger partial charge is 0.335 e. The predicted octanol–water partition coefficient (Wildman–Crippen LogP) is 4.25. The third kappa shape index (κ3) is 15.0. The summed E-state index contributed by atoms with van der Waals surface area (Å²) in [5, 5.41) is 8.38. The molecule has 0 atom stereocenters. The molecule has 5 nitrogen and oxygen atoms in total. The normalized spacial score (nSPS) is 9.25. The van der Waals surface area contributed by atoms with Crippen molar-refractivity contribution in [1.82, 2.24) is 0 Å². The van der Waals surface area contributed by atoms with Crippen molar-refractivity contribution in [2.75, 3.05) is 6.61 Å². The van der Waals surface area contributed by atoms with Crippen LogP contribution in [0.25, 0.3) is 0 Å². The number of carbonyl (C=O) groups is 2. The molecule has 0 amide bonds. The SMILES string of the molecule is CCCCCCOC(=O)CCCCC.O.O=C(O)c1ccccc1. The molecule has 0 unspecified atom stereocenters. The molecule has 0 bridgehead atoms. The second kappa shape index (κ2) is 17.5. The molecule has 1 aromatic carbocycles. The molecule has 0 saturated heterocycles. The number of ether oxygens (including phenoxy) is 1. The third-order valence-electron chi connectivity index (χ3n) is 3.27. The molecular formula is C19H32O5. The van der Waals surface area contributed by atoms with Gasteiger partial charge in [-0.15, -0.1) is 0 Å². The van der Waals surface area contributed by atoms with Crippen molar-refractivity contribution in [3.05, 3.63) is 35.9 Å². The van der Waals surface area contributed by atoms with Gasteiger partial charge in [0.05, 0.1) is 12.2 Å². The van der Waals surface area contributed by atoms with Crippen molar-refractivity contribution in [2.24, 2.45) is 0 Å². The van der Waals surface area contributed by atoms with Gasteiger partial charge in [-0.05, 0) is 25.0 Å². The van der Waals surface area contributed by atoms with Gasteiger partial charge < -0.3 is 15.3 Å². The molecule has 0 fully saturated rings. The van der Waals surface area contributed by atoms with Crippen molar-refractivity contribution in [1.29, 1.82) is 0 Å². The van der Waals surface area contributed by atoms with Crippen LogP contribution in [0.1, 0.15) is 75.6 Å². The average Bonchev–Trinajstić information content (AvgIpc) is 2.56. The maximum absolute atomic E-state index is 11.1. The molecule has 0 heterocycles. The van der Waals surface area contributed by atoms with Gasteiger partial charge in [0.2, 0.25) is 0 Å². The van der Waals surface area contributed by atoms with Gasteiger partial charge in [0.1, 0.15) is 0 Å². The van der Waals surface area contributed by atoms with Crippen LogP contribution in [0.2, 0.25) is 0 Å². The Hall–Kier alpha value is -1.88. The quantitative estimate of drug-likeness (QED) is 0.509. The highest BCUT2D eigenvalue weighted by atomic mass is 16.5. The highest BCUT2D eigenvalue weighted by Crippen LogP contribution is 2.03. The van der Waals surface area contributed by atoms with Gasteiger partial charge in [-0.3, -0.25) is 4.79 Å². The zero-order chi connectivity index (χ0) is 17.3. The van der Waals surface area contributed by atoms with Crippen LogP contribution >= 0.6 is 0 Å². The zero-order valence-corrected chi connectivity index (χ0v) is 14.9. The number of carboxylic acid groups (broad SMARTS) is 1. The maximum Gasteiger partial charge on any atom is 0.335 e. The van der Waals surface area contributed by atoms with Crippen LogP contribution in [-0.4, -0.2) is 29.1 Å². The topological polar surface area (TPSA) is 95.1 Å². The summed E-state index contributed by atoms with van der Waals surface area (Å²) >= 11 is 0. The Labute approximate surface area is 145 Å². The van der Waals surface area contributed by atoms with Crippen molar-refractivity contribution in [3.63, 3.8) is 0 Å². The molecule has 0 aromatic heterocycles. The van der Waals surface area contributed by atoms with Gasteiger partial charge in [-0.25, -0.2) is 4.79 Å². The lowest BCUT2D eigenvalue weighted by Crippen LogP contribution is -2.05. The summed E-state index contributed by atoms with van der Waals surface area (Å²) in [5.41, 5.74) is 0.331. The van der Waals surface area contributed by atoms with Crippen LogP contribution in [0, 0.1) is 0 Å². The van der Waals surface area contributed by atoms with Crippen molar-refractivity contribution < 1.29 is 24.9 Å². The Morgan fingerprint density at radius 2 is 1.50 bits per heavy atom. The molecule has 138 valence electrons. The second-order valence-corrected chi connectivity index (χ2v) is 5.41. The van der Waals surface area contributed by atoms with E-state index in [0.717, 1.165) is 25.7 Å². The van der Waals surface area contributed by atoms with E-state index in [-0.39, 0.29) is 11.4 Å². The van der Waals surface area contributed by atoms with Crippen LogP contribution < -0.4 is 0 Å². The average molecular weight is 340 g/mol. The lowest BCUT2D eigenvalue weighted by molar-refractivity contribution is -0.143. The van der Waals surface area contributed by atoms with Crippen LogP contribution in [0.3, 0.4) is 0 Å². The molecule has 5 heteroatoms. The van der Waals surface area contributed by atoms with E-state index >= 15 is 0 Å². The molecule has 3 N–H and O–H groups in total. The molecule has 0 radical (unpaired) electrons. The van der Waals surface area contributed by atoms with E-state index in [1.54, 1.807) is 30.3 Å². The summed E-state index contributed by atoms with van der Waals surface area (Å²) in [6.07, 6.45) is 8.53. The van der Waals surface area contributed by atoms with Gasteiger partial charge in [-0.2, -0.15) is 0 Å². The minimum atomic E-state index is -0.879. The van der Waals surface area contributed by atoms with Gasteiger partial charge in [-0.1, -0.05) is 64.2 Å². The number of aromatic carboxylic acids is 1. The highest BCUT2D eigenvalue weighted by molar-refractivity contribution is 5.87. The minimum Gasteiger partial charge on any atom is -0.478 e. The summed E-state index contributed by atoms with van der Waals surface area (Å²) in [4.78, 5) is 21.3. The first-order valence-electron chi connectivity index (χ1n) is 8.55. The second-order valence-electron chi connectivity index (χ2n) is 5.41. The van der Waals surface area contributed by atoms with Crippen LogP contribution in [-0.2, 0) is 9.53 Å². The molecule has 24 heavy (non-hydrogen) atoms. The zero-order valence-electron chi connectivity index (χ0n) is 14.9. The molecule has 0 aliphatic rings. The number of hydrogen-bond acceptors (Lipinski definition) is 3. The largest absolute Gasteiger partial charge is 0.478 e.